The Balaban J connectivity index is 1.42. The zero-order valence-electron chi connectivity index (χ0n) is 16.3. The molecule has 1 aliphatic rings. The lowest BCUT2D eigenvalue weighted by atomic mass is 10.2. The summed E-state index contributed by atoms with van der Waals surface area (Å²) in [4.78, 5) is 25.3. The number of rotatable bonds is 5. The molecule has 0 spiro atoms. The number of nitrogens with zero attached hydrogens (tertiary/aromatic N) is 5. The molecule has 0 aliphatic carbocycles. The average molecular weight is 394 g/mol. The van der Waals surface area contributed by atoms with Crippen molar-refractivity contribution in [1.82, 2.24) is 15.1 Å². The highest BCUT2D eigenvalue weighted by Crippen LogP contribution is 2.29. The van der Waals surface area contributed by atoms with Gasteiger partial charge in [0, 0.05) is 38.3 Å². The molecule has 3 heterocycles. The minimum absolute atomic E-state index is 0.280. The van der Waals surface area contributed by atoms with Crippen molar-refractivity contribution in [2.24, 2.45) is 0 Å². The van der Waals surface area contributed by atoms with E-state index in [1.165, 1.54) is 6.33 Å². The zero-order valence-corrected chi connectivity index (χ0v) is 16.3. The lowest BCUT2D eigenvalue weighted by molar-refractivity contribution is 0.102. The van der Waals surface area contributed by atoms with Crippen LogP contribution in [0.15, 0.2) is 47.2 Å². The molecule has 0 radical (unpaired) electrons. The van der Waals surface area contributed by atoms with Gasteiger partial charge in [0.15, 0.2) is 5.82 Å². The summed E-state index contributed by atoms with van der Waals surface area (Å²) in [6.45, 7) is 4.96. The monoisotopic (exact) mass is 394 g/mol. The van der Waals surface area contributed by atoms with Crippen molar-refractivity contribution in [3.05, 3.63) is 54.2 Å². The van der Waals surface area contributed by atoms with Gasteiger partial charge in [-0.1, -0.05) is 17.3 Å². The van der Waals surface area contributed by atoms with Crippen LogP contribution in [0.2, 0.25) is 0 Å². The maximum Gasteiger partial charge on any atom is 0.275 e. The second-order valence-electron chi connectivity index (χ2n) is 6.68. The number of piperazine rings is 1. The summed E-state index contributed by atoms with van der Waals surface area (Å²) in [6.07, 6.45) is 1.41. The number of hydrogen-bond acceptors (Lipinski definition) is 8. The molecule has 0 unspecified atom stereocenters. The van der Waals surface area contributed by atoms with Crippen LogP contribution in [-0.2, 0) is 0 Å². The van der Waals surface area contributed by atoms with Crippen LogP contribution in [0.1, 0.15) is 16.2 Å². The Morgan fingerprint density at radius 3 is 2.59 bits per heavy atom. The minimum Gasteiger partial charge on any atom is -0.495 e. The predicted octanol–water partition coefficient (Wildman–Crippen LogP) is 2.36. The summed E-state index contributed by atoms with van der Waals surface area (Å²) >= 11 is 0. The van der Waals surface area contributed by atoms with E-state index < -0.39 is 0 Å². The predicted molar refractivity (Wildman–Crippen MR) is 109 cm³/mol. The highest BCUT2D eigenvalue weighted by molar-refractivity contribution is 6.02. The number of aryl methyl sites for hydroxylation is 1. The van der Waals surface area contributed by atoms with Gasteiger partial charge in [-0.2, -0.15) is 0 Å². The third-order valence-electron chi connectivity index (χ3n) is 4.78. The highest BCUT2D eigenvalue weighted by Gasteiger charge is 2.21. The minimum atomic E-state index is -0.352. The molecule has 0 bridgehead atoms. The molecule has 1 aliphatic heterocycles. The molecule has 1 saturated heterocycles. The fourth-order valence-electron chi connectivity index (χ4n) is 3.32. The largest absolute Gasteiger partial charge is 0.495 e. The van der Waals surface area contributed by atoms with Crippen molar-refractivity contribution in [3.63, 3.8) is 0 Å². The van der Waals surface area contributed by atoms with E-state index in [1.807, 2.05) is 18.2 Å². The van der Waals surface area contributed by atoms with Crippen LogP contribution in [-0.4, -0.2) is 54.3 Å². The van der Waals surface area contributed by atoms with E-state index in [-0.39, 0.29) is 11.6 Å². The van der Waals surface area contributed by atoms with E-state index in [2.05, 4.69) is 36.3 Å². The molecule has 29 heavy (non-hydrogen) atoms. The van der Waals surface area contributed by atoms with Crippen LogP contribution in [0.5, 0.6) is 5.75 Å². The Kier molecular flexibility index (Phi) is 5.28. The van der Waals surface area contributed by atoms with Gasteiger partial charge in [0.1, 0.15) is 29.3 Å². The molecule has 3 aromatic rings. The van der Waals surface area contributed by atoms with Gasteiger partial charge in [-0.3, -0.25) is 4.79 Å². The average Bonchev–Trinajstić information content (AvgIpc) is 3.18. The molecule has 150 valence electrons. The molecule has 1 N–H and O–H groups in total. The van der Waals surface area contributed by atoms with E-state index in [0.717, 1.165) is 43.4 Å². The quantitative estimate of drug-likeness (QED) is 0.704. The van der Waals surface area contributed by atoms with Crippen molar-refractivity contribution in [3.8, 4) is 5.75 Å². The first kappa shape index (κ1) is 18.7. The third kappa shape index (κ3) is 4.13. The number of carbonyl (C=O) groups is 1. The Hall–Kier alpha value is -3.62. The molecular formula is C20H22N6O3. The molecule has 2 aromatic heterocycles. The second-order valence-corrected chi connectivity index (χ2v) is 6.68. The summed E-state index contributed by atoms with van der Waals surface area (Å²) in [7, 11) is 1.68. The Bertz CT molecular complexity index is 997. The van der Waals surface area contributed by atoms with E-state index in [0.29, 0.717) is 11.6 Å². The molecular weight excluding hydrogens is 372 g/mol. The number of amides is 1. The lowest BCUT2D eigenvalue weighted by Gasteiger charge is -2.37. The SMILES string of the molecule is COc1ccccc1N1CCN(c2cc(C(=O)Nc3cc(C)on3)ncn2)CC1. The number of aromatic nitrogens is 3. The fraction of sp³-hybridized carbons (Fsp3) is 0.300. The standard InChI is InChI=1S/C20H22N6O3/c1-14-11-18(24-29-14)23-20(27)15-12-19(22-13-21-15)26-9-7-25(8-10-26)16-5-3-4-6-17(16)28-2/h3-6,11-13H,7-10H2,1-2H3,(H,23,24,27). The van der Waals surface area contributed by atoms with Crippen LogP contribution in [0.4, 0.5) is 17.3 Å². The summed E-state index contributed by atoms with van der Waals surface area (Å²) in [5, 5.41) is 6.44. The van der Waals surface area contributed by atoms with Crippen molar-refractivity contribution in [1.29, 1.82) is 0 Å². The Morgan fingerprint density at radius 1 is 1.10 bits per heavy atom. The number of methoxy groups -OCH3 is 1. The topological polar surface area (TPSA) is 96.6 Å². The van der Waals surface area contributed by atoms with Crippen LogP contribution in [0.3, 0.4) is 0 Å². The number of carbonyl (C=O) groups excluding carboxylic acids is 1. The molecule has 0 saturated carbocycles. The van der Waals surface area contributed by atoms with Crippen molar-refractivity contribution < 1.29 is 14.1 Å². The van der Waals surface area contributed by atoms with Gasteiger partial charge in [0.05, 0.1) is 12.8 Å². The fourth-order valence-corrected chi connectivity index (χ4v) is 3.32. The number of ether oxygens (including phenoxy) is 1. The van der Waals surface area contributed by atoms with Crippen LogP contribution >= 0.6 is 0 Å². The van der Waals surface area contributed by atoms with Crippen molar-refractivity contribution in [2.75, 3.05) is 48.4 Å². The van der Waals surface area contributed by atoms with Crippen molar-refractivity contribution in [2.45, 2.75) is 6.92 Å². The van der Waals surface area contributed by atoms with Crippen molar-refractivity contribution >= 4 is 23.2 Å². The van der Waals surface area contributed by atoms with E-state index in [9.17, 15) is 4.79 Å². The van der Waals surface area contributed by atoms with Gasteiger partial charge >= 0.3 is 0 Å². The van der Waals surface area contributed by atoms with Gasteiger partial charge < -0.3 is 24.4 Å². The number of nitrogens with one attached hydrogen (secondary N) is 1. The van der Waals surface area contributed by atoms with Crippen LogP contribution < -0.4 is 19.9 Å². The maximum atomic E-state index is 12.4. The summed E-state index contributed by atoms with van der Waals surface area (Å²) in [6, 6.07) is 11.3. The molecule has 9 heteroatoms. The maximum absolute atomic E-state index is 12.4. The molecule has 9 nitrogen and oxygen atoms in total. The van der Waals surface area contributed by atoms with E-state index in [4.69, 9.17) is 9.26 Å². The van der Waals surface area contributed by atoms with Gasteiger partial charge in [-0.05, 0) is 19.1 Å². The number of hydrogen-bond donors (Lipinski definition) is 1. The summed E-state index contributed by atoms with van der Waals surface area (Å²) in [5.41, 5.74) is 1.36. The summed E-state index contributed by atoms with van der Waals surface area (Å²) < 4.78 is 10.4. The van der Waals surface area contributed by atoms with Crippen LogP contribution in [0.25, 0.3) is 0 Å². The highest BCUT2D eigenvalue weighted by atomic mass is 16.5. The van der Waals surface area contributed by atoms with E-state index >= 15 is 0 Å². The van der Waals surface area contributed by atoms with Crippen LogP contribution in [0, 0.1) is 6.92 Å². The normalized spacial score (nSPS) is 14.0. The van der Waals surface area contributed by atoms with Gasteiger partial charge in [-0.15, -0.1) is 0 Å². The summed E-state index contributed by atoms with van der Waals surface area (Å²) in [5.74, 6) is 2.22. The molecule has 1 aromatic carbocycles. The molecule has 1 fully saturated rings. The number of anilines is 3. The Morgan fingerprint density at radius 2 is 1.86 bits per heavy atom. The molecule has 0 atom stereocenters. The van der Waals surface area contributed by atoms with Gasteiger partial charge in [-0.25, -0.2) is 9.97 Å². The molecule has 4 rings (SSSR count). The zero-order chi connectivity index (χ0) is 20.2. The second kappa shape index (κ2) is 8.17. The number of para-hydroxylation sites is 2. The molecule has 1 amide bonds. The Labute approximate surface area is 168 Å². The lowest BCUT2D eigenvalue weighted by Crippen LogP contribution is -2.47. The first-order chi connectivity index (χ1) is 14.1. The first-order valence-electron chi connectivity index (χ1n) is 9.33. The first-order valence-corrected chi connectivity index (χ1v) is 9.33. The van der Waals surface area contributed by atoms with E-state index in [1.54, 1.807) is 26.2 Å². The number of benzene rings is 1. The van der Waals surface area contributed by atoms with Gasteiger partial charge in [0.25, 0.3) is 5.91 Å². The third-order valence-corrected chi connectivity index (χ3v) is 4.78. The van der Waals surface area contributed by atoms with Gasteiger partial charge in [0.2, 0.25) is 0 Å². The smallest absolute Gasteiger partial charge is 0.275 e.